The minimum Gasteiger partial charge on any atom is -0.478 e. The van der Waals surface area contributed by atoms with Crippen molar-refractivity contribution in [1.29, 1.82) is 0 Å². The molecule has 0 radical (unpaired) electrons. The average molecular weight is 594 g/mol. The number of benzene rings is 3. The van der Waals surface area contributed by atoms with Gasteiger partial charge in [0.15, 0.2) is 17.5 Å². The first-order chi connectivity index (χ1) is 15.4. The lowest BCUT2D eigenvalue weighted by Gasteiger charge is -2.15. The third-order valence-electron chi connectivity index (χ3n) is 4.46. The largest absolute Gasteiger partial charge is 0.478 e. The lowest BCUT2D eigenvalue weighted by Crippen LogP contribution is -2.13. The van der Waals surface area contributed by atoms with Gasteiger partial charge in [-0.25, -0.2) is 30.8 Å². The van der Waals surface area contributed by atoms with Crippen LogP contribution in [0.25, 0.3) is 0 Å². The van der Waals surface area contributed by atoms with Crippen LogP contribution in [0.15, 0.2) is 42.5 Å². The number of carboxylic acids is 1. The molecule has 3 aromatic rings. The van der Waals surface area contributed by atoms with Crippen molar-refractivity contribution >= 4 is 55.6 Å². The molecule has 0 saturated carbocycles. The van der Waals surface area contributed by atoms with Crippen LogP contribution in [-0.2, 0) is 16.4 Å². The Morgan fingerprint density at radius 2 is 1.67 bits per heavy atom. The number of nitrogens with one attached hydrogen (secondary N) is 2. The van der Waals surface area contributed by atoms with Gasteiger partial charge in [-0.1, -0.05) is 12.1 Å². The molecule has 12 heteroatoms. The number of rotatable bonds is 7. The van der Waals surface area contributed by atoms with Gasteiger partial charge in [0.05, 0.1) is 28.9 Å². The number of anilines is 3. The van der Waals surface area contributed by atoms with Crippen LogP contribution in [0, 0.1) is 26.8 Å². The molecule has 0 amide bonds. The summed E-state index contributed by atoms with van der Waals surface area (Å²) in [7, 11) is -3.80. The van der Waals surface area contributed by atoms with Crippen molar-refractivity contribution < 1.29 is 35.9 Å². The Kier molecular flexibility index (Phi) is 7.17. The quantitative estimate of drug-likeness (QED) is 0.257. The molecule has 3 aromatic carbocycles. The summed E-state index contributed by atoms with van der Waals surface area (Å²) in [6, 6.07) is 8.30. The van der Waals surface area contributed by atoms with Crippen molar-refractivity contribution in [1.82, 2.24) is 0 Å². The number of halogens is 5. The van der Waals surface area contributed by atoms with E-state index in [0.717, 1.165) is 24.5 Å². The first-order valence-electron chi connectivity index (χ1n) is 9.08. The van der Waals surface area contributed by atoms with E-state index in [4.69, 9.17) is 0 Å². The van der Waals surface area contributed by atoms with E-state index >= 15 is 0 Å². The first-order valence-corrected chi connectivity index (χ1v) is 12.1. The molecule has 0 aliphatic rings. The molecule has 0 saturated heterocycles. The molecule has 0 aromatic heterocycles. The molecule has 0 atom stereocenters. The molecule has 3 N–H and O–H groups in total. The van der Waals surface area contributed by atoms with Gasteiger partial charge in [-0.2, -0.15) is 0 Å². The van der Waals surface area contributed by atoms with E-state index in [1.54, 1.807) is 0 Å². The number of carbonyl (C=O) groups is 1. The van der Waals surface area contributed by atoms with Gasteiger partial charge in [0.2, 0.25) is 10.0 Å². The monoisotopic (exact) mass is 594 g/mol. The fraction of sp³-hybridized carbons (Fsp3) is 0.0952. The summed E-state index contributed by atoms with van der Waals surface area (Å²) in [6.45, 7) is 0. The standard InChI is InChI=1S/C21H15F4IN2O4S/c1-33(31,32)28-16-4-2-3-10(17(16)23)7-11-8-13(21(29)30)20(19(25)18(11)24)27-15-6-5-12(26)9-14(15)22/h2-6,8-9,27-28H,7H2,1H3,(H,29,30). The van der Waals surface area contributed by atoms with E-state index in [2.05, 4.69) is 5.32 Å². The van der Waals surface area contributed by atoms with Crippen molar-refractivity contribution in [3.8, 4) is 0 Å². The smallest absolute Gasteiger partial charge is 0.337 e. The molecule has 0 aliphatic carbocycles. The molecule has 6 nitrogen and oxygen atoms in total. The molecular weight excluding hydrogens is 579 g/mol. The van der Waals surface area contributed by atoms with Crippen molar-refractivity contribution in [2.75, 3.05) is 16.3 Å². The summed E-state index contributed by atoms with van der Waals surface area (Å²) < 4.78 is 83.8. The van der Waals surface area contributed by atoms with E-state index in [-0.39, 0.29) is 11.3 Å². The highest BCUT2D eigenvalue weighted by molar-refractivity contribution is 14.1. The molecule has 0 aliphatic heterocycles. The highest BCUT2D eigenvalue weighted by atomic mass is 127. The van der Waals surface area contributed by atoms with Crippen LogP contribution >= 0.6 is 22.6 Å². The van der Waals surface area contributed by atoms with Crippen LogP contribution in [-0.4, -0.2) is 25.7 Å². The third-order valence-corrected chi connectivity index (χ3v) is 5.72. The van der Waals surface area contributed by atoms with E-state index in [1.165, 1.54) is 24.3 Å². The van der Waals surface area contributed by atoms with E-state index in [0.29, 0.717) is 3.57 Å². The summed E-state index contributed by atoms with van der Waals surface area (Å²) in [4.78, 5) is 11.7. The molecule has 0 fully saturated rings. The fourth-order valence-corrected chi connectivity index (χ4v) is 4.03. The zero-order chi connectivity index (χ0) is 24.5. The zero-order valence-corrected chi connectivity index (χ0v) is 19.7. The van der Waals surface area contributed by atoms with Crippen LogP contribution in [0.4, 0.5) is 34.6 Å². The SMILES string of the molecule is CS(=O)(=O)Nc1cccc(Cc2cc(C(=O)O)c(Nc3ccc(I)cc3F)c(F)c2F)c1F. The second-order valence-corrected chi connectivity index (χ2v) is 9.96. The van der Waals surface area contributed by atoms with Crippen molar-refractivity contribution in [3.05, 3.63) is 86.0 Å². The molecule has 0 spiro atoms. The maximum Gasteiger partial charge on any atom is 0.337 e. The lowest BCUT2D eigenvalue weighted by molar-refractivity contribution is 0.0697. The van der Waals surface area contributed by atoms with Gasteiger partial charge >= 0.3 is 5.97 Å². The van der Waals surface area contributed by atoms with Crippen molar-refractivity contribution in [2.45, 2.75) is 6.42 Å². The summed E-state index contributed by atoms with van der Waals surface area (Å²) in [6.07, 6.45) is 0.238. The second-order valence-electron chi connectivity index (χ2n) is 6.97. The number of carboxylic acid groups (broad SMARTS) is 1. The highest BCUT2D eigenvalue weighted by Crippen LogP contribution is 2.32. The Hall–Kier alpha value is -2.87. The summed E-state index contributed by atoms with van der Waals surface area (Å²) in [5.74, 6) is -6.51. The van der Waals surface area contributed by atoms with E-state index < -0.39 is 68.2 Å². The topological polar surface area (TPSA) is 95.5 Å². The normalized spacial score (nSPS) is 11.3. The second kappa shape index (κ2) is 9.55. The molecular formula is C21H15F4IN2O4S. The number of hydrogen-bond donors (Lipinski definition) is 3. The van der Waals surface area contributed by atoms with Gasteiger partial charge in [0.25, 0.3) is 0 Å². The van der Waals surface area contributed by atoms with Crippen LogP contribution in [0.1, 0.15) is 21.5 Å². The molecule has 3 rings (SSSR count). The Morgan fingerprint density at radius 3 is 2.27 bits per heavy atom. The maximum absolute atomic E-state index is 14.9. The number of sulfonamides is 1. The summed E-state index contributed by atoms with van der Waals surface area (Å²) in [5.41, 5.74) is -2.86. The zero-order valence-electron chi connectivity index (χ0n) is 16.7. The molecule has 0 bridgehead atoms. The molecule has 0 heterocycles. The predicted octanol–water partition coefficient (Wildman–Crippen LogP) is 5.25. The van der Waals surface area contributed by atoms with Gasteiger partial charge in [0.1, 0.15) is 5.82 Å². The molecule has 0 unspecified atom stereocenters. The van der Waals surface area contributed by atoms with Crippen LogP contribution < -0.4 is 10.0 Å². The first kappa shape index (κ1) is 24.8. The van der Waals surface area contributed by atoms with Crippen LogP contribution in [0.5, 0.6) is 0 Å². The van der Waals surface area contributed by atoms with Gasteiger partial charge in [-0.05, 0) is 64.0 Å². The van der Waals surface area contributed by atoms with Gasteiger partial charge < -0.3 is 10.4 Å². The molecule has 33 heavy (non-hydrogen) atoms. The number of hydrogen-bond acceptors (Lipinski definition) is 4. The average Bonchev–Trinajstić information content (AvgIpc) is 2.70. The third kappa shape index (κ3) is 5.74. The Labute approximate surface area is 199 Å². The Morgan fingerprint density at radius 1 is 0.970 bits per heavy atom. The minimum absolute atomic E-state index is 0.206. The minimum atomic E-state index is -3.80. The van der Waals surface area contributed by atoms with Crippen LogP contribution in [0.2, 0.25) is 0 Å². The van der Waals surface area contributed by atoms with Crippen LogP contribution in [0.3, 0.4) is 0 Å². The van der Waals surface area contributed by atoms with E-state index in [9.17, 15) is 35.9 Å². The van der Waals surface area contributed by atoms with Gasteiger partial charge in [-0.3, -0.25) is 4.72 Å². The fourth-order valence-electron chi connectivity index (χ4n) is 3.02. The predicted molar refractivity (Wildman–Crippen MR) is 123 cm³/mol. The van der Waals surface area contributed by atoms with Gasteiger partial charge in [-0.15, -0.1) is 0 Å². The highest BCUT2D eigenvalue weighted by Gasteiger charge is 2.24. The Bertz CT molecular complexity index is 1370. The van der Waals surface area contributed by atoms with Crippen molar-refractivity contribution in [2.24, 2.45) is 0 Å². The number of aromatic carboxylic acids is 1. The lowest BCUT2D eigenvalue weighted by atomic mass is 9.99. The summed E-state index contributed by atoms with van der Waals surface area (Å²) in [5, 5.41) is 11.8. The Balaban J connectivity index is 2.05. The maximum atomic E-state index is 14.9. The summed E-state index contributed by atoms with van der Waals surface area (Å²) >= 11 is 1.84. The van der Waals surface area contributed by atoms with E-state index in [1.807, 2.05) is 27.3 Å². The van der Waals surface area contributed by atoms with Crippen molar-refractivity contribution in [3.63, 3.8) is 0 Å². The molecule has 174 valence electrons. The van der Waals surface area contributed by atoms with Gasteiger partial charge in [0, 0.05) is 9.99 Å².